The number of hydrogen-bond acceptors (Lipinski definition) is 4. The molecule has 3 N–H and O–H groups in total. The molecule has 0 fully saturated rings. The third kappa shape index (κ3) is 6.31. The maximum absolute atomic E-state index is 11.7. The summed E-state index contributed by atoms with van der Waals surface area (Å²) < 4.78 is 0. The standard InChI is InChI=1S/C18H19N3O3/c22-16-8-4-7-15(11-16)13-20-21-18(24)10-9-17(23)19-12-14-5-2-1-3-6-14/h1-8,11,13,22H,9-10,12H2,(H,19,23)(H,21,24). The van der Waals surface area contributed by atoms with Crippen LogP contribution in [0.15, 0.2) is 59.7 Å². The Morgan fingerprint density at radius 2 is 1.75 bits per heavy atom. The molecule has 2 amide bonds. The summed E-state index contributed by atoms with van der Waals surface area (Å²) in [5.74, 6) is -0.410. The Balaban J connectivity index is 1.66. The molecule has 24 heavy (non-hydrogen) atoms. The van der Waals surface area contributed by atoms with E-state index in [1.807, 2.05) is 30.3 Å². The van der Waals surface area contributed by atoms with Crippen LogP contribution >= 0.6 is 0 Å². The van der Waals surface area contributed by atoms with Crippen molar-refractivity contribution < 1.29 is 14.7 Å². The topological polar surface area (TPSA) is 90.8 Å². The molecule has 124 valence electrons. The van der Waals surface area contributed by atoms with Crippen molar-refractivity contribution in [3.63, 3.8) is 0 Å². The molecule has 0 radical (unpaired) electrons. The van der Waals surface area contributed by atoms with E-state index in [4.69, 9.17) is 0 Å². The molecule has 0 atom stereocenters. The fourth-order valence-electron chi connectivity index (χ4n) is 1.95. The number of nitrogens with one attached hydrogen (secondary N) is 2. The molecule has 6 nitrogen and oxygen atoms in total. The van der Waals surface area contributed by atoms with Crippen molar-refractivity contribution >= 4 is 18.0 Å². The molecule has 0 heterocycles. The second kappa shape index (κ2) is 9.09. The van der Waals surface area contributed by atoms with Gasteiger partial charge in [-0.05, 0) is 23.3 Å². The van der Waals surface area contributed by atoms with Gasteiger partial charge in [0.2, 0.25) is 11.8 Å². The molecule has 0 aromatic heterocycles. The summed E-state index contributed by atoms with van der Waals surface area (Å²) in [7, 11) is 0. The Hall–Kier alpha value is -3.15. The van der Waals surface area contributed by atoms with Gasteiger partial charge in [-0.2, -0.15) is 5.10 Å². The van der Waals surface area contributed by atoms with Crippen LogP contribution in [0.2, 0.25) is 0 Å². The quantitative estimate of drug-likeness (QED) is 0.537. The monoisotopic (exact) mass is 325 g/mol. The van der Waals surface area contributed by atoms with Gasteiger partial charge in [0.15, 0.2) is 0 Å². The number of aromatic hydroxyl groups is 1. The van der Waals surface area contributed by atoms with Crippen LogP contribution in [0.1, 0.15) is 24.0 Å². The lowest BCUT2D eigenvalue weighted by Crippen LogP contribution is -2.25. The molecule has 0 bridgehead atoms. The summed E-state index contributed by atoms with van der Waals surface area (Å²) in [6, 6.07) is 16.0. The van der Waals surface area contributed by atoms with E-state index >= 15 is 0 Å². The van der Waals surface area contributed by atoms with Crippen LogP contribution in [-0.4, -0.2) is 23.1 Å². The summed E-state index contributed by atoms with van der Waals surface area (Å²) in [5, 5.41) is 15.9. The van der Waals surface area contributed by atoms with Crippen LogP contribution in [0, 0.1) is 0 Å². The zero-order chi connectivity index (χ0) is 17.2. The molecule has 0 aliphatic heterocycles. The van der Waals surface area contributed by atoms with Crippen molar-refractivity contribution in [3.8, 4) is 5.75 Å². The smallest absolute Gasteiger partial charge is 0.240 e. The first-order valence-electron chi connectivity index (χ1n) is 7.55. The fraction of sp³-hybridized carbons (Fsp3) is 0.167. The number of phenolic OH excluding ortho intramolecular Hbond substituents is 1. The highest BCUT2D eigenvalue weighted by atomic mass is 16.3. The predicted octanol–water partition coefficient (Wildman–Crippen LogP) is 1.94. The van der Waals surface area contributed by atoms with Crippen LogP contribution in [0.5, 0.6) is 5.75 Å². The highest BCUT2D eigenvalue weighted by molar-refractivity contribution is 5.85. The van der Waals surface area contributed by atoms with Crippen molar-refractivity contribution in [2.24, 2.45) is 5.10 Å². The number of carbonyl (C=O) groups is 2. The van der Waals surface area contributed by atoms with Crippen molar-refractivity contribution in [1.29, 1.82) is 0 Å². The van der Waals surface area contributed by atoms with Gasteiger partial charge in [0.05, 0.1) is 6.21 Å². The number of hydrazone groups is 1. The summed E-state index contributed by atoms with van der Waals surface area (Å²) in [6.07, 6.45) is 1.57. The number of nitrogens with zero attached hydrogens (tertiary/aromatic N) is 1. The van der Waals surface area contributed by atoms with Gasteiger partial charge in [-0.3, -0.25) is 9.59 Å². The first-order chi connectivity index (χ1) is 11.6. The average Bonchev–Trinajstić information content (AvgIpc) is 2.59. The first kappa shape index (κ1) is 17.2. The lowest BCUT2D eigenvalue weighted by Gasteiger charge is -2.04. The van der Waals surface area contributed by atoms with Crippen LogP contribution < -0.4 is 10.7 Å². The minimum absolute atomic E-state index is 0.0536. The Bertz CT molecular complexity index is 714. The molecule has 0 unspecified atom stereocenters. The largest absolute Gasteiger partial charge is 0.508 e. The van der Waals surface area contributed by atoms with Gasteiger partial charge in [0.1, 0.15) is 5.75 Å². The highest BCUT2D eigenvalue weighted by Gasteiger charge is 2.06. The molecular formula is C18H19N3O3. The van der Waals surface area contributed by atoms with Gasteiger partial charge in [-0.25, -0.2) is 5.43 Å². The van der Waals surface area contributed by atoms with Crippen molar-refractivity contribution in [2.75, 3.05) is 0 Å². The third-order valence-electron chi connectivity index (χ3n) is 3.18. The maximum Gasteiger partial charge on any atom is 0.240 e. The normalized spacial score (nSPS) is 10.5. The Morgan fingerprint density at radius 1 is 1.00 bits per heavy atom. The van der Waals surface area contributed by atoms with E-state index in [9.17, 15) is 14.7 Å². The van der Waals surface area contributed by atoms with E-state index in [2.05, 4.69) is 15.8 Å². The summed E-state index contributed by atoms with van der Waals surface area (Å²) in [4.78, 5) is 23.3. The zero-order valence-electron chi connectivity index (χ0n) is 13.1. The highest BCUT2D eigenvalue weighted by Crippen LogP contribution is 2.08. The molecular weight excluding hydrogens is 306 g/mol. The summed E-state index contributed by atoms with van der Waals surface area (Å²) in [6.45, 7) is 0.441. The number of phenols is 1. The second-order valence-electron chi connectivity index (χ2n) is 5.15. The van der Waals surface area contributed by atoms with Crippen molar-refractivity contribution in [3.05, 3.63) is 65.7 Å². The lowest BCUT2D eigenvalue weighted by molar-refractivity contribution is -0.126. The van der Waals surface area contributed by atoms with Crippen LogP contribution in [0.25, 0.3) is 0 Å². The molecule has 2 rings (SSSR count). The van der Waals surface area contributed by atoms with Gasteiger partial charge in [0.25, 0.3) is 0 Å². The lowest BCUT2D eigenvalue weighted by atomic mass is 10.2. The number of rotatable bonds is 7. The van der Waals surface area contributed by atoms with Gasteiger partial charge in [-0.15, -0.1) is 0 Å². The Kier molecular flexibility index (Phi) is 6.52. The van der Waals surface area contributed by atoms with Crippen molar-refractivity contribution in [2.45, 2.75) is 19.4 Å². The van der Waals surface area contributed by atoms with Gasteiger partial charge in [0, 0.05) is 19.4 Å². The third-order valence-corrected chi connectivity index (χ3v) is 3.18. The molecule has 2 aromatic carbocycles. The Labute approximate surface area is 140 Å². The summed E-state index contributed by atoms with van der Waals surface area (Å²) in [5.41, 5.74) is 4.02. The average molecular weight is 325 g/mol. The number of amides is 2. The SMILES string of the molecule is O=C(CCC(=O)NN=Cc1cccc(O)c1)NCc1ccccc1. The first-order valence-corrected chi connectivity index (χ1v) is 7.55. The van der Waals surface area contributed by atoms with E-state index in [1.165, 1.54) is 12.3 Å². The van der Waals surface area contributed by atoms with Gasteiger partial charge in [-0.1, -0.05) is 42.5 Å². The molecule has 6 heteroatoms. The molecule has 0 spiro atoms. The number of carbonyl (C=O) groups excluding carboxylic acids is 2. The molecule has 0 saturated carbocycles. The van der Waals surface area contributed by atoms with E-state index in [-0.39, 0.29) is 30.4 Å². The second-order valence-corrected chi connectivity index (χ2v) is 5.15. The van der Waals surface area contributed by atoms with E-state index < -0.39 is 0 Å². The Morgan fingerprint density at radius 3 is 2.50 bits per heavy atom. The van der Waals surface area contributed by atoms with Gasteiger partial charge >= 0.3 is 0 Å². The minimum atomic E-state index is -0.346. The van der Waals surface area contributed by atoms with E-state index in [1.54, 1.807) is 18.2 Å². The van der Waals surface area contributed by atoms with Crippen LogP contribution in [-0.2, 0) is 16.1 Å². The van der Waals surface area contributed by atoms with E-state index in [0.717, 1.165) is 5.56 Å². The maximum atomic E-state index is 11.7. The van der Waals surface area contributed by atoms with Gasteiger partial charge < -0.3 is 10.4 Å². The molecule has 0 aliphatic carbocycles. The zero-order valence-corrected chi connectivity index (χ0v) is 13.1. The van der Waals surface area contributed by atoms with Crippen molar-refractivity contribution in [1.82, 2.24) is 10.7 Å². The molecule has 2 aromatic rings. The predicted molar refractivity (Wildman–Crippen MR) is 91.4 cm³/mol. The minimum Gasteiger partial charge on any atom is -0.508 e. The fourth-order valence-corrected chi connectivity index (χ4v) is 1.95. The number of hydrogen-bond donors (Lipinski definition) is 3. The van der Waals surface area contributed by atoms with E-state index in [0.29, 0.717) is 12.1 Å². The van der Waals surface area contributed by atoms with Crippen LogP contribution in [0.4, 0.5) is 0 Å². The molecule has 0 saturated heterocycles. The summed E-state index contributed by atoms with van der Waals surface area (Å²) >= 11 is 0. The molecule has 0 aliphatic rings. The number of benzene rings is 2. The van der Waals surface area contributed by atoms with Crippen LogP contribution in [0.3, 0.4) is 0 Å².